The fraction of sp³-hybridized carbons (Fsp3) is 0.429. The van der Waals surface area contributed by atoms with Gasteiger partial charge in [0.25, 0.3) is 5.78 Å². The van der Waals surface area contributed by atoms with Gasteiger partial charge in [-0.25, -0.2) is 4.79 Å². The first kappa shape index (κ1) is 12.5. The van der Waals surface area contributed by atoms with Gasteiger partial charge in [-0.05, 0) is 6.92 Å². The second-order valence-corrected chi connectivity index (χ2v) is 2.09. The average Bonchev–Trinajstić information content (AvgIpc) is 2.04. The minimum Gasteiger partial charge on any atom is -0.515 e. The largest absolute Gasteiger partial charge is 0.515 e. The van der Waals surface area contributed by atoms with Crippen molar-refractivity contribution < 1.29 is 32.6 Å². The second-order valence-electron chi connectivity index (χ2n) is 2.09. The number of esters is 1. The molecule has 0 spiro atoms. The number of Topliss-reactive ketones (excluding diaryl/α,β-unsaturated/α-hetero) is 1. The van der Waals surface area contributed by atoms with Gasteiger partial charge in [-0.2, -0.15) is 13.2 Å². The van der Waals surface area contributed by atoms with E-state index in [-0.39, 0.29) is 12.9 Å². The van der Waals surface area contributed by atoms with Crippen molar-refractivity contribution in [2.24, 2.45) is 0 Å². The highest BCUT2D eigenvalue weighted by molar-refractivity contribution is 6.19. The maximum Gasteiger partial charge on any atom is 0.455 e. The van der Waals surface area contributed by atoms with Crippen LogP contribution < -0.4 is 0 Å². The van der Waals surface area contributed by atoms with Crippen molar-refractivity contribution in [3.05, 3.63) is 11.8 Å². The molecule has 0 rings (SSSR count). The summed E-state index contributed by atoms with van der Waals surface area (Å²) in [5.41, 5.74) is -1.43. The van der Waals surface area contributed by atoms with E-state index >= 15 is 0 Å². The molecule has 0 atom stereocenters. The van der Waals surface area contributed by atoms with E-state index in [4.69, 9.17) is 5.11 Å². The number of ketones is 1. The molecule has 0 saturated heterocycles. The van der Waals surface area contributed by atoms with Crippen LogP contribution in [0.25, 0.3) is 0 Å². The van der Waals surface area contributed by atoms with Gasteiger partial charge in [-0.3, -0.25) is 4.79 Å². The molecule has 0 heterocycles. The highest BCUT2D eigenvalue weighted by Crippen LogP contribution is 2.21. The molecule has 0 radical (unpaired) electrons. The lowest BCUT2D eigenvalue weighted by molar-refractivity contribution is -0.168. The molecule has 0 fully saturated rings. The van der Waals surface area contributed by atoms with Crippen molar-refractivity contribution in [1.82, 2.24) is 0 Å². The van der Waals surface area contributed by atoms with Crippen LogP contribution in [0.2, 0.25) is 0 Å². The summed E-state index contributed by atoms with van der Waals surface area (Å²) in [6.07, 6.45) is -5.42. The first-order chi connectivity index (χ1) is 6.34. The first-order valence-electron chi connectivity index (χ1n) is 3.47. The standard InChI is InChI=1S/C7H7F3O4/c1-2-14-6(13)4(3-11)5(12)7(8,9)10/h3,11H,2H2,1H3. The summed E-state index contributed by atoms with van der Waals surface area (Å²) in [5.74, 6) is -3.93. The summed E-state index contributed by atoms with van der Waals surface area (Å²) >= 11 is 0. The van der Waals surface area contributed by atoms with E-state index in [2.05, 4.69) is 4.74 Å². The van der Waals surface area contributed by atoms with Crippen molar-refractivity contribution in [1.29, 1.82) is 0 Å². The second kappa shape index (κ2) is 4.64. The molecule has 7 heteroatoms. The number of hydrogen-bond acceptors (Lipinski definition) is 4. The number of halogens is 3. The molecule has 0 amide bonds. The molecule has 80 valence electrons. The zero-order chi connectivity index (χ0) is 11.4. The van der Waals surface area contributed by atoms with Crippen LogP contribution in [0.3, 0.4) is 0 Å². The smallest absolute Gasteiger partial charge is 0.455 e. The summed E-state index contributed by atoms with van der Waals surface area (Å²) < 4.78 is 39.5. The van der Waals surface area contributed by atoms with E-state index < -0.39 is 23.5 Å². The maximum absolute atomic E-state index is 11.8. The van der Waals surface area contributed by atoms with Crippen molar-refractivity contribution in [2.75, 3.05) is 6.61 Å². The molecule has 0 aliphatic rings. The van der Waals surface area contributed by atoms with Gasteiger partial charge in [-0.15, -0.1) is 0 Å². The molecular formula is C7H7F3O4. The number of carbonyl (C=O) groups is 2. The van der Waals surface area contributed by atoms with Gasteiger partial charge in [0.2, 0.25) is 0 Å². The summed E-state index contributed by atoms with van der Waals surface area (Å²) in [4.78, 5) is 21.1. The van der Waals surface area contributed by atoms with Crippen molar-refractivity contribution in [3.8, 4) is 0 Å². The summed E-state index contributed by atoms with van der Waals surface area (Å²) in [6, 6.07) is 0. The molecule has 0 saturated carbocycles. The topological polar surface area (TPSA) is 63.6 Å². The highest BCUT2D eigenvalue weighted by Gasteiger charge is 2.43. The number of rotatable bonds is 3. The normalized spacial score (nSPS) is 12.4. The zero-order valence-electron chi connectivity index (χ0n) is 7.09. The van der Waals surface area contributed by atoms with Gasteiger partial charge in [0.05, 0.1) is 12.9 Å². The van der Waals surface area contributed by atoms with E-state index in [9.17, 15) is 22.8 Å². The Hall–Kier alpha value is -1.53. The lowest BCUT2D eigenvalue weighted by atomic mass is 10.2. The Kier molecular flexibility index (Phi) is 4.13. The van der Waals surface area contributed by atoms with Crippen LogP contribution in [0.4, 0.5) is 13.2 Å². The maximum atomic E-state index is 11.8. The highest BCUT2D eigenvalue weighted by atomic mass is 19.4. The van der Waals surface area contributed by atoms with Crippen LogP contribution in [0.5, 0.6) is 0 Å². The Morgan fingerprint density at radius 2 is 1.93 bits per heavy atom. The van der Waals surface area contributed by atoms with E-state index in [1.807, 2.05) is 0 Å². The molecule has 0 aliphatic carbocycles. The predicted octanol–water partition coefficient (Wildman–Crippen LogP) is 1.12. The quantitative estimate of drug-likeness (QED) is 0.250. The molecule has 0 unspecified atom stereocenters. The average molecular weight is 212 g/mol. The van der Waals surface area contributed by atoms with Gasteiger partial charge in [-0.1, -0.05) is 0 Å². The number of alkyl halides is 3. The van der Waals surface area contributed by atoms with E-state index in [1.165, 1.54) is 6.92 Å². The van der Waals surface area contributed by atoms with Crippen molar-refractivity contribution in [2.45, 2.75) is 13.1 Å². The van der Waals surface area contributed by atoms with Crippen LogP contribution >= 0.6 is 0 Å². The monoisotopic (exact) mass is 212 g/mol. The summed E-state index contributed by atoms with van der Waals surface area (Å²) in [7, 11) is 0. The number of carbonyl (C=O) groups excluding carboxylic acids is 2. The molecule has 0 aromatic carbocycles. The zero-order valence-corrected chi connectivity index (χ0v) is 7.09. The molecule has 0 aliphatic heterocycles. The first-order valence-corrected chi connectivity index (χ1v) is 3.47. The molecule has 0 aromatic heterocycles. The summed E-state index contributed by atoms with van der Waals surface area (Å²) in [6.45, 7) is 1.16. The molecule has 0 bridgehead atoms. The third-order valence-electron chi connectivity index (χ3n) is 1.13. The van der Waals surface area contributed by atoms with Gasteiger partial charge in [0.1, 0.15) is 5.57 Å². The van der Waals surface area contributed by atoms with Gasteiger partial charge in [0.15, 0.2) is 0 Å². The minimum absolute atomic E-state index is 0.193. The third-order valence-corrected chi connectivity index (χ3v) is 1.13. The molecule has 0 aromatic rings. The minimum atomic E-state index is -5.21. The van der Waals surface area contributed by atoms with E-state index in [1.54, 1.807) is 0 Å². The van der Waals surface area contributed by atoms with Crippen LogP contribution in [0, 0.1) is 0 Å². The van der Waals surface area contributed by atoms with Crippen LogP contribution in [-0.4, -0.2) is 29.6 Å². The molecular weight excluding hydrogens is 205 g/mol. The molecule has 4 nitrogen and oxygen atoms in total. The molecule has 14 heavy (non-hydrogen) atoms. The van der Waals surface area contributed by atoms with E-state index in [0.717, 1.165) is 0 Å². The SMILES string of the molecule is CCOC(=O)C(=CO)C(=O)C(F)(F)F. The molecule has 1 N–H and O–H groups in total. The van der Waals surface area contributed by atoms with Gasteiger partial charge >= 0.3 is 12.1 Å². The van der Waals surface area contributed by atoms with Crippen LogP contribution in [0.1, 0.15) is 6.92 Å². The van der Waals surface area contributed by atoms with Crippen LogP contribution in [0.15, 0.2) is 11.8 Å². The Morgan fingerprint density at radius 3 is 2.21 bits per heavy atom. The number of aliphatic hydroxyl groups excluding tert-OH is 1. The Balaban J connectivity index is 4.77. The fourth-order valence-corrected chi connectivity index (χ4v) is 0.566. The number of ether oxygens (including phenoxy) is 1. The van der Waals surface area contributed by atoms with Gasteiger partial charge < -0.3 is 9.84 Å². The predicted molar refractivity (Wildman–Crippen MR) is 38.4 cm³/mol. The van der Waals surface area contributed by atoms with Crippen molar-refractivity contribution >= 4 is 11.8 Å². The number of hydrogen-bond donors (Lipinski definition) is 1. The van der Waals surface area contributed by atoms with Crippen molar-refractivity contribution in [3.63, 3.8) is 0 Å². The lowest BCUT2D eigenvalue weighted by Crippen LogP contribution is -2.29. The Morgan fingerprint density at radius 1 is 1.43 bits per heavy atom. The number of aliphatic hydroxyl groups is 1. The fourth-order valence-electron chi connectivity index (χ4n) is 0.566. The third kappa shape index (κ3) is 3.08. The van der Waals surface area contributed by atoms with Gasteiger partial charge in [0, 0.05) is 0 Å². The lowest BCUT2D eigenvalue weighted by Gasteiger charge is -2.06. The summed E-state index contributed by atoms with van der Waals surface area (Å²) in [5, 5.41) is 8.27. The van der Waals surface area contributed by atoms with Crippen LogP contribution in [-0.2, 0) is 14.3 Å². The Labute approximate surface area is 77.0 Å². The Bertz CT molecular complexity index is 267. The van der Waals surface area contributed by atoms with E-state index in [0.29, 0.717) is 0 Å².